The summed E-state index contributed by atoms with van der Waals surface area (Å²) < 4.78 is 0. The lowest BCUT2D eigenvalue weighted by molar-refractivity contribution is 0.196. The normalized spacial score (nSPS) is 21.7. The molecule has 3 rings (SSSR count). The predicted octanol–water partition coefficient (Wildman–Crippen LogP) is 2.37. The van der Waals surface area contributed by atoms with E-state index in [0.29, 0.717) is 0 Å². The Hall–Kier alpha value is -1.06. The fourth-order valence-corrected chi connectivity index (χ4v) is 3.59. The summed E-state index contributed by atoms with van der Waals surface area (Å²) in [5, 5.41) is 3.46. The van der Waals surface area contributed by atoms with Crippen molar-refractivity contribution in [3.8, 4) is 0 Å². The molecule has 0 unspecified atom stereocenters. The van der Waals surface area contributed by atoms with Crippen LogP contribution in [0.5, 0.6) is 0 Å². The lowest BCUT2D eigenvalue weighted by Crippen LogP contribution is -2.48. The molecule has 2 aliphatic rings. The zero-order valence-corrected chi connectivity index (χ0v) is 13.4. The van der Waals surface area contributed by atoms with E-state index in [4.69, 9.17) is 0 Å². The van der Waals surface area contributed by atoms with Gasteiger partial charge in [0.05, 0.1) is 0 Å². The number of aryl methyl sites for hydroxylation is 1. The van der Waals surface area contributed by atoms with E-state index in [9.17, 15) is 0 Å². The first kappa shape index (κ1) is 14.9. The summed E-state index contributed by atoms with van der Waals surface area (Å²) in [6.07, 6.45) is 3.85. The van der Waals surface area contributed by atoms with Gasteiger partial charge in [-0.15, -0.1) is 0 Å². The minimum atomic E-state index is 0.918. The van der Waals surface area contributed by atoms with Gasteiger partial charge in [0.1, 0.15) is 0 Å². The molecule has 2 heterocycles. The Morgan fingerprint density at radius 1 is 1.10 bits per heavy atom. The highest BCUT2D eigenvalue weighted by molar-refractivity contribution is 5.49. The molecule has 0 saturated carbocycles. The minimum absolute atomic E-state index is 0.918. The number of nitrogens with zero attached hydrogens (tertiary/aromatic N) is 2. The van der Waals surface area contributed by atoms with Gasteiger partial charge in [0, 0.05) is 38.4 Å². The molecule has 1 aromatic carbocycles. The molecule has 1 N–H and O–H groups in total. The molecule has 0 aliphatic carbocycles. The maximum atomic E-state index is 3.46. The van der Waals surface area contributed by atoms with Crippen LogP contribution in [0.2, 0.25) is 0 Å². The van der Waals surface area contributed by atoms with Crippen molar-refractivity contribution in [3.63, 3.8) is 0 Å². The second-order valence-electron chi connectivity index (χ2n) is 6.50. The second kappa shape index (κ2) is 7.28. The van der Waals surface area contributed by atoms with Crippen molar-refractivity contribution in [2.45, 2.75) is 26.2 Å². The Kier molecular flexibility index (Phi) is 5.15. The van der Waals surface area contributed by atoms with Gasteiger partial charge < -0.3 is 10.2 Å². The molecule has 21 heavy (non-hydrogen) atoms. The van der Waals surface area contributed by atoms with Gasteiger partial charge in [-0.1, -0.05) is 19.1 Å². The highest BCUT2D eigenvalue weighted by atomic mass is 15.3. The number of hydrogen-bond acceptors (Lipinski definition) is 3. The Morgan fingerprint density at radius 3 is 2.57 bits per heavy atom. The standard InChI is InChI=1S/C18H29N3/c1-2-16-4-3-5-18(14-16)21-12-10-20(11-13-21)15-17-6-8-19-9-7-17/h3-5,14,17,19H,2,6-13,15H2,1H3. The Balaban J connectivity index is 1.50. The lowest BCUT2D eigenvalue weighted by Gasteiger charge is -2.38. The Bertz CT molecular complexity index is 432. The van der Waals surface area contributed by atoms with Crippen molar-refractivity contribution in [3.05, 3.63) is 29.8 Å². The third-order valence-corrected chi connectivity index (χ3v) is 5.03. The average molecular weight is 287 g/mol. The monoisotopic (exact) mass is 287 g/mol. The van der Waals surface area contributed by atoms with E-state index >= 15 is 0 Å². The maximum Gasteiger partial charge on any atom is 0.0369 e. The summed E-state index contributed by atoms with van der Waals surface area (Å²) in [5.41, 5.74) is 2.86. The summed E-state index contributed by atoms with van der Waals surface area (Å²) in [6, 6.07) is 9.07. The van der Waals surface area contributed by atoms with Crippen molar-refractivity contribution in [1.82, 2.24) is 10.2 Å². The fourth-order valence-electron chi connectivity index (χ4n) is 3.59. The molecule has 0 spiro atoms. The van der Waals surface area contributed by atoms with E-state index in [1.165, 1.54) is 69.9 Å². The van der Waals surface area contributed by atoms with Crippen molar-refractivity contribution in [1.29, 1.82) is 0 Å². The van der Waals surface area contributed by atoms with Gasteiger partial charge in [0.25, 0.3) is 0 Å². The van der Waals surface area contributed by atoms with Crippen LogP contribution in [0.25, 0.3) is 0 Å². The zero-order chi connectivity index (χ0) is 14.5. The molecular weight excluding hydrogens is 258 g/mol. The molecule has 2 saturated heterocycles. The topological polar surface area (TPSA) is 18.5 Å². The molecule has 116 valence electrons. The van der Waals surface area contributed by atoms with Crippen LogP contribution in [-0.4, -0.2) is 50.7 Å². The third kappa shape index (κ3) is 3.98. The average Bonchev–Trinajstić information content (AvgIpc) is 2.56. The third-order valence-electron chi connectivity index (χ3n) is 5.03. The van der Waals surface area contributed by atoms with Crippen LogP contribution in [0.1, 0.15) is 25.3 Å². The number of piperazine rings is 1. The van der Waals surface area contributed by atoms with Gasteiger partial charge in [0.2, 0.25) is 0 Å². The van der Waals surface area contributed by atoms with Gasteiger partial charge >= 0.3 is 0 Å². The molecule has 2 fully saturated rings. The van der Waals surface area contributed by atoms with E-state index in [2.05, 4.69) is 46.3 Å². The second-order valence-corrected chi connectivity index (χ2v) is 6.50. The molecule has 3 heteroatoms. The SMILES string of the molecule is CCc1cccc(N2CCN(CC3CCNCC3)CC2)c1. The van der Waals surface area contributed by atoms with Crippen LogP contribution >= 0.6 is 0 Å². The molecule has 2 aliphatic heterocycles. The van der Waals surface area contributed by atoms with Gasteiger partial charge in [-0.05, 0) is 56.0 Å². The minimum Gasteiger partial charge on any atom is -0.369 e. The molecule has 0 amide bonds. The van der Waals surface area contributed by atoms with Crippen molar-refractivity contribution in [2.75, 3.05) is 50.7 Å². The largest absolute Gasteiger partial charge is 0.369 e. The summed E-state index contributed by atoms with van der Waals surface area (Å²) in [5.74, 6) is 0.918. The Labute approximate surface area is 129 Å². The number of rotatable bonds is 4. The van der Waals surface area contributed by atoms with Crippen molar-refractivity contribution >= 4 is 5.69 Å². The molecule has 0 aromatic heterocycles. The number of benzene rings is 1. The Morgan fingerprint density at radius 2 is 1.86 bits per heavy atom. The van der Waals surface area contributed by atoms with Crippen LogP contribution in [-0.2, 0) is 6.42 Å². The maximum absolute atomic E-state index is 3.46. The predicted molar refractivity (Wildman–Crippen MR) is 90.1 cm³/mol. The van der Waals surface area contributed by atoms with Gasteiger partial charge in [-0.25, -0.2) is 0 Å². The first-order chi connectivity index (χ1) is 10.3. The molecular formula is C18H29N3. The van der Waals surface area contributed by atoms with Crippen LogP contribution in [0.4, 0.5) is 5.69 Å². The quantitative estimate of drug-likeness (QED) is 0.917. The highest BCUT2D eigenvalue weighted by Crippen LogP contribution is 2.20. The van der Waals surface area contributed by atoms with Crippen LogP contribution in [0.15, 0.2) is 24.3 Å². The summed E-state index contributed by atoms with van der Waals surface area (Å²) in [4.78, 5) is 5.23. The van der Waals surface area contributed by atoms with Gasteiger partial charge in [0.15, 0.2) is 0 Å². The number of nitrogens with one attached hydrogen (secondary N) is 1. The van der Waals surface area contributed by atoms with E-state index in [1.807, 2.05) is 0 Å². The molecule has 1 aromatic rings. The first-order valence-corrected chi connectivity index (χ1v) is 8.62. The van der Waals surface area contributed by atoms with Crippen LogP contribution in [0.3, 0.4) is 0 Å². The molecule has 0 atom stereocenters. The smallest absolute Gasteiger partial charge is 0.0369 e. The summed E-state index contributed by atoms with van der Waals surface area (Å²) >= 11 is 0. The lowest BCUT2D eigenvalue weighted by atomic mass is 9.97. The van der Waals surface area contributed by atoms with Gasteiger partial charge in [-0.3, -0.25) is 4.90 Å². The molecule has 0 radical (unpaired) electrons. The molecule has 0 bridgehead atoms. The fraction of sp³-hybridized carbons (Fsp3) is 0.667. The van der Waals surface area contributed by atoms with E-state index < -0.39 is 0 Å². The summed E-state index contributed by atoms with van der Waals surface area (Å²) in [6.45, 7) is 10.8. The highest BCUT2D eigenvalue weighted by Gasteiger charge is 2.21. The number of anilines is 1. The van der Waals surface area contributed by atoms with E-state index in [0.717, 1.165) is 12.3 Å². The zero-order valence-electron chi connectivity index (χ0n) is 13.4. The summed E-state index contributed by atoms with van der Waals surface area (Å²) in [7, 11) is 0. The van der Waals surface area contributed by atoms with Crippen LogP contribution in [0, 0.1) is 5.92 Å². The van der Waals surface area contributed by atoms with E-state index in [1.54, 1.807) is 0 Å². The number of hydrogen-bond donors (Lipinski definition) is 1. The number of piperidine rings is 1. The van der Waals surface area contributed by atoms with Crippen molar-refractivity contribution in [2.24, 2.45) is 5.92 Å². The molecule has 3 nitrogen and oxygen atoms in total. The van der Waals surface area contributed by atoms with Crippen LogP contribution < -0.4 is 10.2 Å². The van der Waals surface area contributed by atoms with Gasteiger partial charge in [-0.2, -0.15) is 0 Å². The first-order valence-electron chi connectivity index (χ1n) is 8.62. The van der Waals surface area contributed by atoms with E-state index in [-0.39, 0.29) is 0 Å². The van der Waals surface area contributed by atoms with Crippen molar-refractivity contribution < 1.29 is 0 Å².